The molecule has 70 heavy (non-hydrogen) atoms. The molecule has 0 aliphatic heterocycles. The van der Waals surface area contributed by atoms with Crippen LogP contribution in [0.1, 0.15) is 0 Å². The first kappa shape index (κ1) is 40.1. The van der Waals surface area contributed by atoms with Crippen LogP contribution >= 0.6 is 0 Å². The van der Waals surface area contributed by atoms with Gasteiger partial charge in [0.25, 0.3) is 0 Å². The smallest absolute Gasteiger partial charge is 0.181 e. The number of fused-ring (bicyclic) bond motifs is 9. The minimum Gasteiger partial charge on any atom is -0.309 e. The van der Waals surface area contributed by atoms with Crippen LogP contribution in [0.5, 0.6) is 0 Å². The second-order valence-corrected chi connectivity index (χ2v) is 22.2. The van der Waals surface area contributed by atoms with E-state index in [1.807, 2.05) is 0 Å². The second-order valence-electron chi connectivity index (χ2n) is 18.4. The van der Waals surface area contributed by atoms with Crippen molar-refractivity contribution in [2.45, 2.75) is 0 Å². The van der Waals surface area contributed by atoms with Crippen molar-refractivity contribution in [2.24, 2.45) is 0 Å². The van der Waals surface area contributed by atoms with Gasteiger partial charge >= 0.3 is 0 Å². The lowest BCUT2D eigenvalue weighted by atomic mass is 10.1. The zero-order chi connectivity index (χ0) is 46.2. The highest BCUT2D eigenvalue weighted by Gasteiger charge is 2.43. The molecule has 0 amide bonds. The summed E-state index contributed by atoms with van der Waals surface area (Å²) < 4.78 is 7.61. The molecule has 0 N–H and O–H groups in total. The molecule has 0 aliphatic carbocycles. The Morgan fingerprint density at radius 3 is 1.26 bits per heavy atom. The molecule has 0 atom stereocenters. The third-order valence-corrected chi connectivity index (χ3v) is 19.6. The minimum absolute atomic E-state index is 1.11. The van der Waals surface area contributed by atoms with E-state index in [2.05, 4.69) is 287 Å². The summed E-state index contributed by atoms with van der Waals surface area (Å²) in [6.45, 7) is 0. The highest BCUT2D eigenvalue weighted by atomic mass is 28.3. The van der Waals surface area contributed by atoms with Crippen LogP contribution in [0.3, 0.4) is 0 Å². The SMILES string of the molecule is c1ccc(-c2cccc(-n3c4ccccc4c4ccc(-n5c6c(-n7c8ccccc8c8ccccc87)cccc6c6cccc([Si](c7ccccc7)(c7ccccc7)c7ccccc7)c65)cc43)c2)cc1. The lowest BCUT2D eigenvalue weighted by molar-refractivity contribution is 1.13. The predicted molar refractivity (Wildman–Crippen MR) is 299 cm³/mol. The standard InChI is InChI=1S/C66H45N3Si/c1-5-22-46(23-6-1)47-24-19-25-48(44-47)67-59-37-16-13-34-55(59)56-43-42-49(45-63(56)67)68-65-57(35-20-40-62(65)69-60-38-17-14-32-53(60)54-33-15-18-39-61(54)69)58-36-21-41-64(66(58)68)70(50-26-7-2-8-27-50,51-28-9-3-10-29-51)52-30-11-4-12-31-52/h1-45H. The van der Waals surface area contributed by atoms with E-state index in [-0.39, 0.29) is 0 Å². The fourth-order valence-electron chi connectivity index (χ4n) is 11.9. The largest absolute Gasteiger partial charge is 0.309 e. The molecule has 328 valence electrons. The van der Waals surface area contributed by atoms with Gasteiger partial charge in [0.05, 0.1) is 38.8 Å². The van der Waals surface area contributed by atoms with Crippen LogP contribution in [0.2, 0.25) is 0 Å². The molecule has 3 aromatic heterocycles. The number of benzene rings is 11. The Kier molecular flexibility index (Phi) is 9.23. The summed E-state index contributed by atoms with van der Waals surface area (Å²) in [5.41, 5.74) is 12.9. The maximum atomic E-state index is 2.64. The van der Waals surface area contributed by atoms with Crippen molar-refractivity contribution < 1.29 is 0 Å². The summed E-state index contributed by atoms with van der Waals surface area (Å²) in [5, 5.41) is 12.7. The van der Waals surface area contributed by atoms with Crippen LogP contribution in [0.25, 0.3) is 93.6 Å². The summed E-state index contributed by atoms with van der Waals surface area (Å²) in [5.74, 6) is 0. The number of aromatic nitrogens is 3. The van der Waals surface area contributed by atoms with Gasteiger partial charge in [-0.05, 0) is 80.4 Å². The van der Waals surface area contributed by atoms with E-state index in [9.17, 15) is 0 Å². The molecule has 11 aromatic carbocycles. The van der Waals surface area contributed by atoms with Crippen LogP contribution < -0.4 is 20.7 Å². The van der Waals surface area contributed by atoms with Gasteiger partial charge in [-0.15, -0.1) is 0 Å². The van der Waals surface area contributed by atoms with Crippen molar-refractivity contribution in [2.75, 3.05) is 0 Å². The zero-order valence-corrected chi connectivity index (χ0v) is 39.3. The van der Waals surface area contributed by atoms with Gasteiger partial charge in [0.15, 0.2) is 8.07 Å². The molecule has 0 radical (unpaired) electrons. The maximum absolute atomic E-state index is 3.08. The highest BCUT2D eigenvalue weighted by Crippen LogP contribution is 2.41. The number of nitrogens with zero attached hydrogens (tertiary/aromatic N) is 3. The number of rotatable bonds is 8. The fraction of sp³-hybridized carbons (Fsp3) is 0. The third-order valence-electron chi connectivity index (χ3n) is 14.8. The van der Waals surface area contributed by atoms with Gasteiger partial charge in [0.2, 0.25) is 0 Å². The Morgan fingerprint density at radius 2 is 0.671 bits per heavy atom. The molecule has 3 heterocycles. The molecule has 0 saturated carbocycles. The summed E-state index contributed by atoms with van der Waals surface area (Å²) >= 11 is 0. The van der Waals surface area contributed by atoms with E-state index in [1.54, 1.807) is 0 Å². The van der Waals surface area contributed by atoms with Crippen LogP contribution in [-0.2, 0) is 0 Å². The van der Waals surface area contributed by atoms with Crippen LogP contribution in [-0.4, -0.2) is 21.8 Å². The summed E-state index contributed by atoms with van der Waals surface area (Å²) in [6.07, 6.45) is 0. The monoisotopic (exact) mass is 907 g/mol. The first-order chi connectivity index (χ1) is 34.8. The number of hydrogen-bond donors (Lipinski definition) is 0. The average Bonchev–Trinajstić information content (AvgIpc) is 4.08. The Hall–Kier alpha value is -8.96. The molecule has 0 bridgehead atoms. The van der Waals surface area contributed by atoms with E-state index in [4.69, 9.17) is 0 Å². The van der Waals surface area contributed by atoms with Gasteiger partial charge in [-0.1, -0.05) is 224 Å². The second kappa shape index (κ2) is 16.1. The van der Waals surface area contributed by atoms with Gasteiger partial charge in [-0.3, -0.25) is 0 Å². The van der Waals surface area contributed by atoms with E-state index in [1.165, 1.54) is 91.8 Å². The Balaban J connectivity index is 1.17. The van der Waals surface area contributed by atoms with Crippen molar-refractivity contribution in [1.29, 1.82) is 0 Å². The number of hydrogen-bond acceptors (Lipinski definition) is 0. The van der Waals surface area contributed by atoms with Crippen molar-refractivity contribution in [1.82, 2.24) is 13.7 Å². The minimum atomic E-state index is -3.08. The molecule has 3 nitrogen and oxygen atoms in total. The van der Waals surface area contributed by atoms with E-state index in [0.29, 0.717) is 0 Å². The zero-order valence-electron chi connectivity index (χ0n) is 38.3. The molecular weight excluding hydrogens is 863 g/mol. The molecule has 0 aliphatic rings. The van der Waals surface area contributed by atoms with Crippen molar-refractivity contribution in [3.05, 3.63) is 273 Å². The van der Waals surface area contributed by atoms with Gasteiger partial charge in [0.1, 0.15) is 0 Å². The molecule has 14 aromatic rings. The summed E-state index contributed by atoms with van der Waals surface area (Å²) in [6, 6.07) is 102. The molecule has 0 spiro atoms. The fourth-order valence-corrected chi connectivity index (χ4v) is 16.8. The molecule has 0 fully saturated rings. The predicted octanol–water partition coefficient (Wildman–Crippen LogP) is 14.0. The van der Waals surface area contributed by atoms with Gasteiger partial charge in [0, 0.05) is 43.7 Å². The molecule has 0 unspecified atom stereocenters. The lowest BCUT2D eigenvalue weighted by Gasteiger charge is -2.35. The normalized spacial score (nSPS) is 12.0. The molecule has 14 rings (SSSR count). The van der Waals surface area contributed by atoms with E-state index >= 15 is 0 Å². The van der Waals surface area contributed by atoms with E-state index < -0.39 is 8.07 Å². The van der Waals surface area contributed by atoms with E-state index in [0.717, 1.165) is 22.6 Å². The van der Waals surface area contributed by atoms with Crippen molar-refractivity contribution in [3.8, 4) is 28.2 Å². The highest BCUT2D eigenvalue weighted by molar-refractivity contribution is 7.20. The van der Waals surface area contributed by atoms with Crippen molar-refractivity contribution in [3.63, 3.8) is 0 Å². The Labute approximate surface area is 407 Å². The first-order valence-electron chi connectivity index (χ1n) is 24.2. The van der Waals surface area contributed by atoms with Gasteiger partial charge < -0.3 is 13.7 Å². The Bertz CT molecular complexity index is 4130. The molecular formula is C66H45N3Si. The van der Waals surface area contributed by atoms with Gasteiger partial charge in [-0.25, -0.2) is 0 Å². The van der Waals surface area contributed by atoms with Crippen molar-refractivity contribution >= 4 is 94.2 Å². The summed E-state index contributed by atoms with van der Waals surface area (Å²) in [7, 11) is -3.08. The number of para-hydroxylation sites is 5. The quantitative estimate of drug-likeness (QED) is 0.107. The average molecular weight is 908 g/mol. The topological polar surface area (TPSA) is 14.8 Å². The molecule has 0 saturated heterocycles. The Morgan fingerprint density at radius 1 is 0.243 bits per heavy atom. The lowest BCUT2D eigenvalue weighted by Crippen LogP contribution is -2.75. The summed E-state index contributed by atoms with van der Waals surface area (Å²) in [4.78, 5) is 0. The third kappa shape index (κ3) is 5.94. The van der Waals surface area contributed by atoms with Gasteiger partial charge in [-0.2, -0.15) is 0 Å². The first-order valence-corrected chi connectivity index (χ1v) is 26.2. The maximum Gasteiger partial charge on any atom is 0.181 e. The van der Waals surface area contributed by atoms with Crippen LogP contribution in [0.15, 0.2) is 273 Å². The van der Waals surface area contributed by atoms with Crippen LogP contribution in [0, 0.1) is 0 Å². The van der Waals surface area contributed by atoms with Crippen LogP contribution in [0.4, 0.5) is 0 Å². The molecule has 4 heteroatoms.